The second kappa shape index (κ2) is 6.04. The minimum absolute atomic E-state index is 0.0908. The van der Waals surface area contributed by atoms with Crippen LogP contribution < -0.4 is 4.83 Å². The molecule has 1 saturated heterocycles. The Kier molecular flexibility index (Phi) is 4.59. The highest BCUT2D eigenvalue weighted by molar-refractivity contribution is 7.89. The van der Waals surface area contributed by atoms with Crippen LogP contribution in [0, 0.1) is 10.1 Å². The van der Waals surface area contributed by atoms with Gasteiger partial charge in [-0.3, -0.25) is 10.1 Å². The van der Waals surface area contributed by atoms with Gasteiger partial charge in [-0.1, -0.05) is 18.0 Å². The Morgan fingerprint density at radius 2 is 1.90 bits per heavy atom. The van der Waals surface area contributed by atoms with E-state index in [2.05, 4.69) is 4.83 Å². The van der Waals surface area contributed by atoms with E-state index in [0.717, 1.165) is 25.3 Å². The Morgan fingerprint density at radius 1 is 1.25 bits per heavy atom. The summed E-state index contributed by atoms with van der Waals surface area (Å²) in [6.45, 7) is 1.27. The van der Waals surface area contributed by atoms with Gasteiger partial charge in [-0.15, -0.1) is 4.83 Å². The zero-order valence-electron chi connectivity index (χ0n) is 10.6. The van der Waals surface area contributed by atoms with Crippen molar-refractivity contribution in [2.75, 3.05) is 13.1 Å². The molecule has 9 heteroatoms. The molecule has 0 unspecified atom stereocenters. The van der Waals surface area contributed by atoms with Gasteiger partial charge in [0.05, 0.1) is 9.82 Å². The lowest BCUT2D eigenvalue weighted by atomic mass is 10.2. The van der Waals surface area contributed by atoms with Crippen molar-refractivity contribution in [2.45, 2.75) is 24.2 Å². The highest BCUT2D eigenvalue weighted by Gasteiger charge is 2.23. The molecule has 1 aliphatic rings. The largest absolute Gasteiger partial charge is 0.289 e. The highest BCUT2D eigenvalue weighted by atomic mass is 35.5. The van der Waals surface area contributed by atoms with Gasteiger partial charge < -0.3 is 0 Å². The number of hydrogen-bond donors (Lipinski definition) is 1. The maximum atomic E-state index is 12.2. The molecule has 1 aromatic rings. The number of hydrazine groups is 1. The van der Waals surface area contributed by atoms with Crippen LogP contribution in [-0.2, 0) is 10.0 Å². The van der Waals surface area contributed by atoms with Crippen LogP contribution in [0.3, 0.4) is 0 Å². The van der Waals surface area contributed by atoms with Crippen LogP contribution in [0.4, 0.5) is 5.69 Å². The number of sulfonamides is 1. The maximum absolute atomic E-state index is 12.2. The summed E-state index contributed by atoms with van der Waals surface area (Å²) in [5.41, 5.74) is -0.423. The number of nitrogens with zero attached hydrogens (tertiary/aromatic N) is 2. The minimum atomic E-state index is -3.82. The first-order valence-electron chi connectivity index (χ1n) is 6.11. The SMILES string of the molecule is O=[N+]([O-])c1cc(S(=O)(=O)NN2CCCCC2)ccc1Cl. The molecule has 1 fully saturated rings. The van der Waals surface area contributed by atoms with Crippen molar-refractivity contribution in [3.63, 3.8) is 0 Å². The van der Waals surface area contributed by atoms with E-state index in [1.54, 1.807) is 5.01 Å². The summed E-state index contributed by atoms with van der Waals surface area (Å²) in [6.07, 6.45) is 2.91. The van der Waals surface area contributed by atoms with E-state index in [1.807, 2.05) is 0 Å². The average Bonchev–Trinajstić information content (AvgIpc) is 2.39. The number of halogens is 1. The van der Waals surface area contributed by atoms with Gasteiger partial charge in [0, 0.05) is 19.2 Å². The van der Waals surface area contributed by atoms with Crippen LogP contribution in [0.5, 0.6) is 0 Å². The van der Waals surface area contributed by atoms with Gasteiger partial charge in [-0.25, -0.2) is 13.4 Å². The monoisotopic (exact) mass is 319 g/mol. The Morgan fingerprint density at radius 3 is 2.50 bits per heavy atom. The van der Waals surface area contributed by atoms with E-state index < -0.39 is 20.6 Å². The van der Waals surface area contributed by atoms with E-state index in [1.165, 1.54) is 12.1 Å². The van der Waals surface area contributed by atoms with E-state index in [0.29, 0.717) is 13.1 Å². The van der Waals surface area contributed by atoms with Crippen LogP contribution in [-0.4, -0.2) is 31.4 Å². The Balaban J connectivity index is 2.24. The molecule has 1 aliphatic heterocycles. The predicted octanol–water partition coefficient (Wildman–Crippen LogP) is 1.93. The second-order valence-electron chi connectivity index (χ2n) is 4.51. The lowest BCUT2D eigenvalue weighted by Crippen LogP contribution is -2.44. The number of hydrogen-bond acceptors (Lipinski definition) is 5. The van der Waals surface area contributed by atoms with E-state index in [9.17, 15) is 18.5 Å². The van der Waals surface area contributed by atoms with Crippen LogP contribution in [0.25, 0.3) is 0 Å². The van der Waals surface area contributed by atoms with Gasteiger partial charge in [0.2, 0.25) is 0 Å². The summed E-state index contributed by atoms with van der Waals surface area (Å²) in [5.74, 6) is 0. The van der Waals surface area contributed by atoms with Crippen LogP contribution in [0.1, 0.15) is 19.3 Å². The molecule has 7 nitrogen and oxygen atoms in total. The van der Waals surface area contributed by atoms with E-state index in [4.69, 9.17) is 11.6 Å². The van der Waals surface area contributed by atoms with Gasteiger partial charge in [-0.2, -0.15) is 0 Å². The molecule has 110 valence electrons. The molecule has 1 N–H and O–H groups in total. The van der Waals surface area contributed by atoms with Crippen molar-refractivity contribution < 1.29 is 13.3 Å². The summed E-state index contributed by atoms with van der Waals surface area (Å²) >= 11 is 5.67. The van der Waals surface area contributed by atoms with Crippen molar-refractivity contribution >= 4 is 27.3 Å². The Labute approximate surface area is 121 Å². The normalized spacial score (nSPS) is 17.1. The van der Waals surface area contributed by atoms with Crippen molar-refractivity contribution in [3.05, 3.63) is 33.3 Å². The first kappa shape index (κ1) is 15.2. The molecule has 0 saturated carbocycles. The lowest BCUT2D eigenvalue weighted by Gasteiger charge is -2.26. The molecule has 1 heterocycles. The molecule has 0 aliphatic carbocycles. The molecular formula is C11H14ClN3O4S. The molecule has 20 heavy (non-hydrogen) atoms. The molecule has 0 atom stereocenters. The zero-order chi connectivity index (χ0) is 14.8. The van der Waals surface area contributed by atoms with Crippen LogP contribution >= 0.6 is 11.6 Å². The third-order valence-corrected chi connectivity index (χ3v) is 4.72. The smallest absolute Gasteiger partial charge is 0.258 e. The molecule has 2 rings (SSSR count). The van der Waals surface area contributed by atoms with Gasteiger partial charge in [0.15, 0.2) is 0 Å². The molecule has 0 spiro atoms. The summed E-state index contributed by atoms with van der Waals surface area (Å²) in [6, 6.07) is 3.43. The van der Waals surface area contributed by atoms with Crippen molar-refractivity contribution in [3.8, 4) is 0 Å². The number of piperidine rings is 1. The molecular weight excluding hydrogens is 306 g/mol. The predicted molar refractivity (Wildman–Crippen MR) is 73.9 cm³/mol. The van der Waals surface area contributed by atoms with Gasteiger partial charge >= 0.3 is 0 Å². The third kappa shape index (κ3) is 3.45. The second-order valence-corrected chi connectivity index (χ2v) is 6.58. The zero-order valence-corrected chi connectivity index (χ0v) is 12.2. The fourth-order valence-corrected chi connectivity index (χ4v) is 3.34. The summed E-state index contributed by atoms with van der Waals surface area (Å²) in [4.78, 5) is 12.3. The quantitative estimate of drug-likeness (QED) is 0.676. The highest BCUT2D eigenvalue weighted by Crippen LogP contribution is 2.27. The molecule has 0 radical (unpaired) electrons. The summed E-state index contributed by atoms with van der Waals surface area (Å²) in [7, 11) is -3.82. The number of nitro groups is 1. The topological polar surface area (TPSA) is 92.5 Å². The number of rotatable bonds is 4. The fourth-order valence-electron chi connectivity index (χ4n) is 2.01. The third-order valence-electron chi connectivity index (χ3n) is 3.03. The molecule has 0 amide bonds. The Bertz CT molecular complexity index is 614. The molecule has 1 aromatic carbocycles. The first-order valence-corrected chi connectivity index (χ1v) is 7.97. The number of nitro benzene ring substituents is 1. The Hall–Kier alpha value is -1.22. The van der Waals surface area contributed by atoms with Crippen molar-refractivity contribution in [2.24, 2.45) is 0 Å². The van der Waals surface area contributed by atoms with Crippen LogP contribution in [0.2, 0.25) is 5.02 Å². The summed E-state index contributed by atoms with van der Waals surface area (Å²) in [5, 5.41) is 12.3. The van der Waals surface area contributed by atoms with Gasteiger partial charge in [-0.05, 0) is 25.0 Å². The molecule has 0 aromatic heterocycles. The number of benzene rings is 1. The maximum Gasteiger partial charge on any atom is 0.289 e. The van der Waals surface area contributed by atoms with Crippen LogP contribution in [0.15, 0.2) is 23.1 Å². The van der Waals surface area contributed by atoms with E-state index in [-0.39, 0.29) is 9.92 Å². The fraction of sp³-hybridized carbons (Fsp3) is 0.455. The first-order chi connectivity index (χ1) is 9.40. The number of nitrogens with one attached hydrogen (secondary N) is 1. The minimum Gasteiger partial charge on any atom is -0.258 e. The summed E-state index contributed by atoms with van der Waals surface area (Å²) < 4.78 is 24.3. The van der Waals surface area contributed by atoms with Crippen molar-refractivity contribution in [1.82, 2.24) is 9.84 Å². The standard InChI is InChI=1S/C11H14ClN3O4S/c12-10-5-4-9(8-11(10)15(16)17)20(18,19)13-14-6-2-1-3-7-14/h4-5,8,13H,1-3,6-7H2. The molecule has 0 bridgehead atoms. The van der Waals surface area contributed by atoms with Gasteiger partial charge in [0.1, 0.15) is 5.02 Å². The average molecular weight is 320 g/mol. The lowest BCUT2D eigenvalue weighted by molar-refractivity contribution is -0.384. The van der Waals surface area contributed by atoms with E-state index >= 15 is 0 Å². The van der Waals surface area contributed by atoms with Gasteiger partial charge in [0.25, 0.3) is 15.7 Å². The van der Waals surface area contributed by atoms with Crippen molar-refractivity contribution in [1.29, 1.82) is 0 Å².